The molecule has 0 spiro atoms. The molecule has 0 saturated carbocycles. The fraction of sp³-hybridized carbons (Fsp3) is 0.500. The van der Waals surface area contributed by atoms with Gasteiger partial charge in [-0.2, -0.15) is 0 Å². The summed E-state index contributed by atoms with van der Waals surface area (Å²) < 4.78 is 14.2. The lowest BCUT2D eigenvalue weighted by atomic mass is 10.1. The van der Waals surface area contributed by atoms with Gasteiger partial charge in [-0.05, 0) is 23.6 Å². The highest BCUT2D eigenvalue weighted by Crippen LogP contribution is 2.16. The summed E-state index contributed by atoms with van der Waals surface area (Å²) in [6, 6.07) is 5.39. The van der Waals surface area contributed by atoms with Crippen molar-refractivity contribution >= 4 is 34.2 Å². The lowest BCUT2D eigenvalue weighted by molar-refractivity contribution is 0.436. The Morgan fingerprint density at radius 2 is 2.12 bits per heavy atom. The van der Waals surface area contributed by atoms with E-state index < -0.39 is 0 Å². The topological polar surface area (TPSA) is 12.0 Å². The van der Waals surface area contributed by atoms with E-state index >= 15 is 0 Å². The maximum atomic E-state index is 13.2. The first-order chi connectivity index (χ1) is 7.54. The molecular formula is C12H16ClFIN. The minimum absolute atomic E-state index is 0.179. The van der Waals surface area contributed by atoms with Crippen molar-refractivity contribution in [2.24, 2.45) is 5.92 Å². The summed E-state index contributed by atoms with van der Waals surface area (Å²) >= 11 is 7.99. The Balaban J connectivity index is 2.57. The zero-order valence-electron chi connectivity index (χ0n) is 9.43. The van der Waals surface area contributed by atoms with Gasteiger partial charge in [-0.1, -0.05) is 54.1 Å². The highest BCUT2D eigenvalue weighted by atomic mass is 127. The lowest BCUT2D eigenvalue weighted by Crippen LogP contribution is -2.34. The van der Waals surface area contributed by atoms with Gasteiger partial charge in [0, 0.05) is 17.0 Å². The van der Waals surface area contributed by atoms with Crippen molar-refractivity contribution in [3.63, 3.8) is 0 Å². The molecule has 0 amide bonds. The Kier molecular flexibility index (Phi) is 6.00. The highest BCUT2D eigenvalue weighted by molar-refractivity contribution is 14.1. The standard InChI is InChI=1S/C12H16ClFIN/c1-8(2)12(6-15)16-7-9-3-4-10(13)11(14)5-9/h3-5,8,12,16H,6-7H2,1-2H3. The van der Waals surface area contributed by atoms with Crippen LogP contribution in [0, 0.1) is 11.7 Å². The SMILES string of the molecule is CC(C)C(CI)NCc1ccc(Cl)c(F)c1. The van der Waals surface area contributed by atoms with Crippen LogP contribution in [0.15, 0.2) is 18.2 Å². The monoisotopic (exact) mass is 355 g/mol. The van der Waals surface area contributed by atoms with Crippen molar-refractivity contribution in [2.45, 2.75) is 26.4 Å². The summed E-state index contributed by atoms with van der Waals surface area (Å²) in [6.07, 6.45) is 0. The molecule has 1 unspecified atom stereocenters. The van der Waals surface area contributed by atoms with Crippen molar-refractivity contribution in [3.8, 4) is 0 Å². The molecule has 1 atom stereocenters. The molecule has 4 heteroatoms. The van der Waals surface area contributed by atoms with Crippen LogP contribution in [0.1, 0.15) is 19.4 Å². The van der Waals surface area contributed by atoms with E-state index in [9.17, 15) is 4.39 Å². The number of hydrogen-bond acceptors (Lipinski definition) is 1. The van der Waals surface area contributed by atoms with Crippen molar-refractivity contribution in [2.75, 3.05) is 4.43 Å². The average Bonchev–Trinajstić information content (AvgIpc) is 2.23. The Morgan fingerprint density at radius 3 is 2.62 bits per heavy atom. The van der Waals surface area contributed by atoms with Crippen molar-refractivity contribution in [3.05, 3.63) is 34.6 Å². The predicted molar refractivity (Wildman–Crippen MR) is 75.8 cm³/mol. The van der Waals surface area contributed by atoms with E-state index in [1.807, 2.05) is 6.07 Å². The van der Waals surface area contributed by atoms with Crippen LogP contribution < -0.4 is 5.32 Å². The van der Waals surface area contributed by atoms with Crippen LogP contribution >= 0.6 is 34.2 Å². The van der Waals surface area contributed by atoms with E-state index in [-0.39, 0.29) is 10.8 Å². The summed E-state index contributed by atoms with van der Waals surface area (Å²) in [6.45, 7) is 5.04. The molecule has 0 fully saturated rings. The van der Waals surface area contributed by atoms with Gasteiger partial charge in [-0.3, -0.25) is 0 Å². The summed E-state index contributed by atoms with van der Waals surface area (Å²) in [5.41, 5.74) is 0.928. The third kappa shape index (κ3) is 4.18. The van der Waals surface area contributed by atoms with Crippen molar-refractivity contribution in [1.82, 2.24) is 5.32 Å². The van der Waals surface area contributed by atoms with Gasteiger partial charge in [-0.15, -0.1) is 0 Å². The second-order valence-electron chi connectivity index (χ2n) is 4.13. The third-order valence-electron chi connectivity index (χ3n) is 2.52. The maximum absolute atomic E-state index is 13.2. The third-order valence-corrected chi connectivity index (χ3v) is 3.78. The zero-order valence-corrected chi connectivity index (χ0v) is 12.3. The van der Waals surface area contributed by atoms with Crippen molar-refractivity contribution < 1.29 is 4.39 Å². The number of nitrogens with one attached hydrogen (secondary N) is 1. The number of benzene rings is 1. The van der Waals surface area contributed by atoms with Crippen LogP contribution in [0.3, 0.4) is 0 Å². The molecule has 0 aromatic heterocycles. The maximum Gasteiger partial charge on any atom is 0.142 e. The first-order valence-electron chi connectivity index (χ1n) is 5.28. The molecule has 1 rings (SSSR count). The van der Waals surface area contributed by atoms with E-state index in [1.54, 1.807) is 6.07 Å². The van der Waals surface area contributed by atoms with Crippen LogP contribution in [0.4, 0.5) is 4.39 Å². The van der Waals surface area contributed by atoms with E-state index in [1.165, 1.54) is 6.07 Å². The van der Waals surface area contributed by atoms with Gasteiger partial charge in [0.2, 0.25) is 0 Å². The molecule has 16 heavy (non-hydrogen) atoms. The molecule has 1 nitrogen and oxygen atoms in total. The summed E-state index contributed by atoms with van der Waals surface area (Å²) in [5, 5.41) is 3.59. The molecule has 1 aromatic carbocycles. The minimum Gasteiger partial charge on any atom is -0.309 e. The number of hydrogen-bond donors (Lipinski definition) is 1. The Labute approximate surface area is 115 Å². The number of halogens is 3. The molecule has 1 N–H and O–H groups in total. The molecular weight excluding hydrogens is 339 g/mol. The lowest BCUT2D eigenvalue weighted by Gasteiger charge is -2.20. The fourth-order valence-corrected chi connectivity index (χ4v) is 2.81. The van der Waals surface area contributed by atoms with E-state index in [0.29, 0.717) is 18.5 Å². The van der Waals surface area contributed by atoms with Gasteiger partial charge in [0.25, 0.3) is 0 Å². The average molecular weight is 356 g/mol. The number of alkyl halides is 1. The van der Waals surface area contributed by atoms with Crippen LogP contribution in [-0.4, -0.2) is 10.5 Å². The Hall–Kier alpha value is 0.130. The van der Waals surface area contributed by atoms with E-state index in [4.69, 9.17) is 11.6 Å². The number of rotatable bonds is 5. The van der Waals surface area contributed by atoms with Gasteiger partial charge in [0.05, 0.1) is 5.02 Å². The molecule has 0 saturated heterocycles. The van der Waals surface area contributed by atoms with E-state index in [2.05, 4.69) is 41.8 Å². The highest BCUT2D eigenvalue weighted by Gasteiger charge is 2.11. The quantitative estimate of drug-likeness (QED) is 0.621. The van der Waals surface area contributed by atoms with Crippen LogP contribution in [0.25, 0.3) is 0 Å². The molecule has 90 valence electrons. The Morgan fingerprint density at radius 1 is 1.44 bits per heavy atom. The molecule has 0 aliphatic heterocycles. The normalized spacial score (nSPS) is 13.1. The van der Waals surface area contributed by atoms with Gasteiger partial charge >= 0.3 is 0 Å². The second-order valence-corrected chi connectivity index (χ2v) is 5.42. The molecule has 0 bridgehead atoms. The molecule has 0 aliphatic rings. The van der Waals surface area contributed by atoms with Gasteiger partial charge < -0.3 is 5.32 Å². The summed E-state index contributed by atoms with van der Waals surface area (Å²) in [4.78, 5) is 0. The molecule has 0 aliphatic carbocycles. The van der Waals surface area contributed by atoms with E-state index in [0.717, 1.165) is 9.99 Å². The first kappa shape index (κ1) is 14.2. The molecule has 1 aromatic rings. The molecule has 0 heterocycles. The molecule has 0 radical (unpaired) electrons. The smallest absolute Gasteiger partial charge is 0.142 e. The Bertz CT molecular complexity index is 344. The van der Waals surface area contributed by atoms with Crippen molar-refractivity contribution in [1.29, 1.82) is 0 Å². The summed E-state index contributed by atoms with van der Waals surface area (Å²) in [7, 11) is 0. The second kappa shape index (κ2) is 6.77. The zero-order chi connectivity index (χ0) is 12.1. The first-order valence-corrected chi connectivity index (χ1v) is 7.18. The largest absolute Gasteiger partial charge is 0.309 e. The van der Waals surface area contributed by atoms with Gasteiger partial charge in [0.15, 0.2) is 0 Å². The predicted octanol–water partition coefficient (Wildman–Crippen LogP) is 4.03. The van der Waals surface area contributed by atoms with Crippen LogP contribution in [-0.2, 0) is 6.54 Å². The minimum atomic E-state index is -0.350. The van der Waals surface area contributed by atoms with Crippen LogP contribution in [0.2, 0.25) is 5.02 Å². The van der Waals surface area contributed by atoms with Gasteiger partial charge in [0.1, 0.15) is 5.82 Å². The fourth-order valence-electron chi connectivity index (χ4n) is 1.37. The van der Waals surface area contributed by atoms with Gasteiger partial charge in [-0.25, -0.2) is 4.39 Å². The van der Waals surface area contributed by atoms with Crippen LogP contribution in [0.5, 0.6) is 0 Å². The summed E-state index contributed by atoms with van der Waals surface area (Å²) in [5.74, 6) is 0.227.